The number of likely N-dealkylation sites (N-methyl/N-ethyl adjacent to an activating group) is 1. The van der Waals surface area contributed by atoms with Crippen molar-refractivity contribution in [3.8, 4) is 0 Å². The maximum Gasteiger partial charge on any atom is 0.0630 e. The Morgan fingerprint density at radius 2 is 1.79 bits per heavy atom. The first-order valence-electron chi connectivity index (χ1n) is 7.79. The van der Waals surface area contributed by atoms with Gasteiger partial charge in [-0.15, -0.1) is 0 Å². The highest BCUT2D eigenvalue weighted by atomic mass is 16.5. The topological polar surface area (TPSA) is 24.5 Å². The van der Waals surface area contributed by atoms with Crippen LogP contribution in [0.2, 0.25) is 0 Å². The summed E-state index contributed by atoms with van der Waals surface area (Å²) >= 11 is 0. The average molecular weight is 270 g/mol. The molecule has 1 unspecified atom stereocenters. The van der Waals surface area contributed by atoms with Crippen LogP contribution in [-0.4, -0.2) is 49.8 Å². The van der Waals surface area contributed by atoms with Crippen LogP contribution in [0.5, 0.6) is 0 Å². The van der Waals surface area contributed by atoms with E-state index in [0.717, 1.165) is 25.1 Å². The smallest absolute Gasteiger partial charge is 0.0630 e. The highest BCUT2D eigenvalue weighted by molar-refractivity contribution is 4.84. The van der Waals surface area contributed by atoms with Crippen LogP contribution in [0.3, 0.4) is 0 Å². The minimum Gasteiger partial charge on any atom is -0.383 e. The minimum absolute atomic E-state index is 0.175. The summed E-state index contributed by atoms with van der Waals surface area (Å²) < 4.78 is 5.42. The van der Waals surface area contributed by atoms with Gasteiger partial charge in [0.15, 0.2) is 0 Å². The number of hydrogen-bond donors (Lipinski definition) is 1. The third kappa shape index (κ3) is 6.24. The molecule has 0 aromatic heterocycles. The number of nitrogens with zero attached hydrogens (tertiary/aromatic N) is 1. The van der Waals surface area contributed by atoms with E-state index in [2.05, 4.69) is 45.0 Å². The van der Waals surface area contributed by atoms with Gasteiger partial charge in [-0.3, -0.25) is 4.90 Å². The van der Waals surface area contributed by atoms with Gasteiger partial charge in [0, 0.05) is 31.3 Å². The normalized spacial score (nSPS) is 26.7. The van der Waals surface area contributed by atoms with E-state index in [1.807, 2.05) is 0 Å². The zero-order chi connectivity index (χ0) is 14.5. The quantitative estimate of drug-likeness (QED) is 0.803. The van der Waals surface area contributed by atoms with Crippen molar-refractivity contribution in [1.82, 2.24) is 10.2 Å². The Morgan fingerprint density at radius 1 is 1.21 bits per heavy atom. The van der Waals surface area contributed by atoms with Crippen molar-refractivity contribution in [3.63, 3.8) is 0 Å². The summed E-state index contributed by atoms with van der Waals surface area (Å²) in [6.07, 6.45) is 5.43. The summed E-state index contributed by atoms with van der Waals surface area (Å²) in [6, 6.07) is 1.21. The zero-order valence-corrected chi connectivity index (χ0v) is 13.8. The Morgan fingerprint density at radius 3 is 2.26 bits per heavy atom. The first-order chi connectivity index (χ1) is 8.83. The molecule has 3 heteroatoms. The van der Waals surface area contributed by atoms with Crippen LogP contribution in [0.25, 0.3) is 0 Å². The van der Waals surface area contributed by atoms with Crippen LogP contribution < -0.4 is 5.32 Å². The minimum atomic E-state index is 0.175. The van der Waals surface area contributed by atoms with Crippen molar-refractivity contribution in [2.75, 3.05) is 27.3 Å². The maximum atomic E-state index is 5.42. The Labute approximate surface area is 120 Å². The fourth-order valence-electron chi connectivity index (χ4n) is 2.88. The van der Waals surface area contributed by atoms with Crippen LogP contribution in [0.1, 0.15) is 53.4 Å². The summed E-state index contributed by atoms with van der Waals surface area (Å²) in [5, 5.41) is 3.61. The van der Waals surface area contributed by atoms with Crippen molar-refractivity contribution < 1.29 is 4.74 Å². The molecular formula is C16H34N2O. The molecule has 0 spiro atoms. The lowest BCUT2D eigenvalue weighted by Crippen LogP contribution is -2.52. The molecule has 0 saturated heterocycles. The van der Waals surface area contributed by atoms with E-state index in [9.17, 15) is 0 Å². The Kier molecular flexibility index (Phi) is 6.78. The first-order valence-corrected chi connectivity index (χ1v) is 7.79. The van der Waals surface area contributed by atoms with Crippen LogP contribution in [0.15, 0.2) is 0 Å². The van der Waals surface area contributed by atoms with E-state index in [-0.39, 0.29) is 5.54 Å². The molecular weight excluding hydrogens is 236 g/mol. The van der Waals surface area contributed by atoms with Gasteiger partial charge in [0.1, 0.15) is 0 Å². The monoisotopic (exact) mass is 270 g/mol. The van der Waals surface area contributed by atoms with E-state index in [1.165, 1.54) is 25.7 Å². The van der Waals surface area contributed by atoms with Crippen LogP contribution >= 0.6 is 0 Å². The van der Waals surface area contributed by atoms with E-state index < -0.39 is 0 Å². The molecule has 0 amide bonds. The molecule has 3 nitrogen and oxygen atoms in total. The van der Waals surface area contributed by atoms with Crippen LogP contribution in [0, 0.1) is 5.92 Å². The van der Waals surface area contributed by atoms with Gasteiger partial charge >= 0.3 is 0 Å². The predicted molar refractivity (Wildman–Crippen MR) is 82.6 cm³/mol. The molecule has 0 radical (unpaired) electrons. The van der Waals surface area contributed by atoms with Gasteiger partial charge in [0.25, 0.3) is 0 Å². The molecule has 1 fully saturated rings. The lowest BCUT2D eigenvalue weighted by Gasteiger charge is -2.39. The Balaban J connectivity index is 2.49. The largest absolute Gasteiger partial charge is 0.383 e. The summed E-state index contributed by atoms with van der Waals surface area (Å²) in [5.41, 5.74) is 0.175. The van der Waals surface area contributed by atoms with Gasteiger partial charge in [-0.2, -0.15) is 0 Å². The molecule has 0 heterocycles. The van der Waals surface area contributed by atoms with Crippen molar-refractivity contribution in [2.24, 2.45) is 5.92 Å². The van der Waals surface area contributed by atoms with Crippen molar-refractivity contribution in [2.45, 2.75) is 71.0 Å². The van der Waals surface area contributed by atoms with Crippen LogP contribution in [-0.2, 0) is 4.74 Å². The molecule has 0 bridgehead atoms. The second kappa shape index (κ2) is 7.61. The number of nitrogens with one attached hydrogen (secondary N) is 1. The van der Waals surface area contributed by atoms with Crippen molar-refractivity contribution in [1.29, 1.82) is 0 Å². The second-order valence-corrected chi connectivity index (χ2v) is 7.32. The summed E-state index contributed by atoms with van der Waals surface area (Å²) in [7, 11) is 4.08. The van der Waals surface area contributed by atoms with Crippen LogP contribution in [0.4, 0.5) is 0 Å². The third-order valence-electron chi connectivity index (χ3n) is 4.36. The molecule has 1 atom stereocenters. The standard InChI is InChI=1S/C16H34N2O/c1-13-7-9-14(10-8-13)18(5)15(12-19-6)11-17-16(2,3)4/h13-15,17H,7-12H2,1-6H3. The average Bonchev–Trinajstić information content (AvgIpc) is 2.33. The number of rotatable bonds is 6. The van der Waals surface area contributed by atoms with Gasteiger partial charge in [0.05, 0.1) is 6.61 Å². The first kappa shape index (κ1) is 16.9. The highest BCUT2D eigenvalue weighted by Gasteiger charge is 2.27. The fraction of sp³-hybridized carbons (Fsp3) is 1.00. The second-order valence-electron chi connectivity index (χ2n) is 7.32. The summed E-state index contributed by atoms with van der Waals surface area (Å²) in [5.74, 6) is 0.915. The number of methoxy groups -OCH3 is 1. The molecule has 1 aliphatic carbocycles. The van der Waals surface area contributed by atoms with E-state index >= 15 is 0 Å². The predicted octanol–water partition coefficient (Wildman–Crippen LogP) is 2.90. The Bertz CT molecular complexity index is 242. The molecule has 0 aromatic rings. The molecule has 0 aliphatic heterocycles. The van der Waals surface area contributed by atoms with Crippen molar-refractivity contribution >= 4 is 0 Å². The molecule has 1 rings (SSSR count). The van der Waals surface area contributed by atoms with Gasteiger partial charge in [0.2, 0.25) is 0 Å². The van der Waals surface area contributed by atoms with E-state index in [1.54, 1.807) is 7.11 Å². The SMILES string of the molecule is COCC(CNC(C)(C)C)N(C)C1CCC(C)CC1. The number of hydrogen-bond acceptors (Lipinski definition) is 3. The molecule has 1 N–H and O–H groups in total. The zero-order valence-electron chi connectivity index (χ0n) is 13.8. The lowest BCUT2D eigenvalue weighted by molar-refractivity contribution is 0.0581. The fourth-order valence-corrected chi connectivity index (χ4v) is 2.88. The van der Waals surface area contributed by atoms with E-state index in [4.69, 9.17) is 4.74 Å². The molecule has 1 saturated carbocycles. The van der Waals surface area contributed by atoms with E-state index in [0.29, 0.717) is 6.04 Å². The molecule has 1 aliphatic rings. The lowest BCUT2D eigenvalue weighted by atomic mass is 9.86. The highest BCUT2D eigenvalue weighted by Crippen LogP contribution is 2.27. The third-order valence-corrected chi connectivity index (χ3v) is 4.36. The Hall–Kier alpha value is -0.120. The number of ether oxygens (including phenoxy) is 1. The van der Waals surface area contributed by atoms with Gasteiger partial charge in [-0.1, -0.05) is 6.92 Å². The molecule has 19 heavy (non-hydrogen) atoms. The van der Waals surface area contributed by atoms with Gasteiger partial charge < -0.3 is 10.1 Å². The summed E-state index contributed by atoms with van der Waals surface area (Å²) in [4.78, 5) is 2.55. The van der Waals surface area contributed by atoms with Gasteiger partial charge in [-0.25, -0.2) is 0 Å². The molecule has 0 aromatic carbocycles. The van der Waals surface area contributed by atoms with Crippen molar-refractivity contribution in [3.05, 3.63) is 0 Å². The summed E-state index contributed by atoms with van der Waals surface area (Å²) in [6.45, 7) is 10.9. The van der Waals surface area contributed by atoms with Gasteiger partial charge in [-0.05, 0) is 59.4 Å². The maximum absolute atomic E-state index is 5.42. The molecule has 114 valence electrons.